The number of thiazole rings is 1. The molecule has 94 valence electrons. The summed E-state index contributed by atoms with van der Waals surface area (Å²) in [5, 5.41) is 5.30. The third-order valence-electron chi connectivity index (χ3n) is 3.10. The van der Waals surface area contributed by atoms with E-state index < -0.39 is 0 Å². The lowest BCUT2D eigenvalue weighted by Crippen LogP contribution is -2.34. The molecule has 0 aromatic carbocycles. The summed E-state index contributed by atoms with van der Waals surface area (Å²) in [6.45, 7) is 4.34. The number of nitrogens with one attached hydrogen (secondary N) is 1. The van der Waals surface area contributed by atoms with Crippen molar-refractivity contribution in [3.8, 4) is 0 Å². The average Bonchev–Trinajstić information content (AvgIpc) is 2.88. The number of likely N-dealkylation sites (tertiary alicyclic amines) is 1. The Balaban J connectivity index is 1.76. The van der Waals surface area contributed by atoms with Gasteiger partial charge in [-0.25, -0.2) is 4.98 Å². The van der Waals surface area contributed by atoms with Crippen LogP contribution in [0.15, 0.2) is 11.6 Å². The molecule has 0 spiro atoms. The Labute approximate surface area is 105 Å². The van der Waals surface area contributed by atoms with Crippen molar-refractivity contribution in [2.45, 2.75) is 19.4 Å². The first-order valence-corrected chi connectivity index (χ1v) is 6.70. The molecule has 3 N–H and O–H groups in total. The first-order chi connectivity index (χ1) is 8.15. The van der Waals surface area contributed by atoms with Crippen molar-refractivity contribution in [3.05, 3.63) is 11.6 Å². The Kier molecular flexibility index (Phi) is 4.09. The Morgan fingerprint density at radius 3 is 3.24 bits per heavy atom. The number of aromatic nitrogens is 1. The van der Waals surface area contributed by atoms with Gasteiger partial charge in [0.05, 0.1) is 6.54 Å². The van der Waals surface area contributed by atoms with Gasteiger partial charge in [0.1, 0.15) is 0 Å². The average molecular weight is 254 g/mol. The van der Waals surface area contributed by atoms with Crippen LogP contribution in [0, 0.1) is 5.92 Å². The second-order valence-corrected chi connectivity index (χ2v) is 5.42. The topological polar surface area (TPSA) is 71.2 Å². The highest BCUT2D eigenvalue weighted by atomic mass is 32.1. The summed E-state index contributed by atoms with van der Waals surface area (Å²) in [7, 11) is 0. The summed E-state index contributed by atoms with van der Waals surface area (Å²) >= 11 is 1.43. The number of nitrogens with two attached hydrogens (primary N) is 1. The van der Waals surface area contributed by atoms with E-state index in [1.807, 2.05) is 12.3 Å². The normalized spacial score (nSPS) is 22.6. The van der Waals surface area contributed by atoms with Crippen LogP contribution in [-0.2, 0) is 4.79 Å². The predicted molar refractivity (Wildman–Crippen MR) is 68.9 cm³/mol. The van der Waals surface area contributed by atoms with E-state index in [-0.39, 0.29) is 11.9 Å². The van der Waals surface area contributed by atoms with Crippen LogP contribution >= 0.6 is 11.3 Å². The minimum Gasteiger partial charge on any atom is -0.328 e. The Hall–Kier alpha value is -0.980. The molecule has 2 heterocycles. The molecule has 1 aromatic heterocycles. The highest BCUT2D eigenvalue weighted by Crippen LogP contribution is 2.18. The van der Waals surface area contributed by atoms with Crippen LogP contribution in [0.4, 0.5) is 5.13 Å². The minimum atomic E-state index is 0.00488. The van der Waals surface area contributed by atoms with Gasteiger partial charge in [-0.15, -0.1) is 11.3 Å². The van der Waals surface area contributed by atoms with Crippen LogP contribution in [0.1, 0.15) is 13.3 Å². The van der Waals surface area contributed by atoms with Crippen molar-refractivity contribution in [1.82, 2.24) is 9.88 Å². The standard InChI is InChI=1S/C11H18N4OS/c1-8(12)9-2-4-15(6-9)7-10(16)14-11-13-3-5-17-11/h3,5,8-9H,2,4,6-7,12H2,1H3,(H,13,14,16). The second-order valence-electron chi connectivity index (χ2n) is 4.53. The predicted octanol–water partition coefficient (Wildman–Crippen LogP) is 0.751. The number of carbonyl (C=O) groups is 1. The van der Waals surface area contributed by atoms with Gasteiger partial charge in [-0.3, -0.25) is 9.69 Å². The maximum Gasteiger partial charge on any atom is 0.240 e. The molecule has 5 nitrogen and oxygen atoms in total. The first kappa shape index (κ1) is 12.5. The lowest BCUT2D eigenvalue weighted by Gasteiger charge is -2.16. The molecule has 1 fully saturated rings. The quantitative estimate of drug-likeness (QED) is 0.832. The van der Waals surface area contributed by atoms with Gasteiger partial charge in [-0.05, 0) is 25.8 Å². The van der Waals surface area contributed by atoms with Gasteiger partial charge in [0.2, 0.25) is 5.91 Å². The van der Waals surface area contributed by atoms with E-state index in [0.29, 0.717) is 17.6 Å². The SMILES string of the molecule is CC(N)C1CCN(CC(=O)Nc2nccs2)C1. The van der Waals surface area contributed by atoms with Crippen molar-refractivity contribution in [2.75, 3.05) is 25.0 Å². The van der Waals surface area contributed by atoms with Gasteiger partial charge in [-0.1, -0.05) is 0 Å². The second kappa shape index (κ2) is 5.57. The van der Waals surface area contributed by atoms with E-state index in [9.17, 15) is 4.79 Å². The van der Waals surface area contributed by atoms with Crippen LogP contribution in [0.2, 0.25) is 0 Å². The number of hydrogen-bond donors (Lipinski definition) is 2. The molecule has 2 unspecified atom stereocenters. The summed E-state index contributed by atoms with van der Waals surface area (Å²) in [4.78, 5) is 17.9. The molecule has 1 aromatic rings. The van der Waals surface area contributed by atoms with Crippen molar-refractivity contribution < 1.29 is 4.79 Å². The van der Waals surface area contributed by atoms with E-state index >= 15 is 0 Å². The van der Waals surface area contributed by atoms with E-state index in [2.05, 4.69) is 15.2 Å². The summed E-state index contributed by atoms with van der Waals surface area (Å²) < 4.78 is 0. The monoisotopic (exact) mass is 254 g/mol. The Morgan fingerprint density at radius 2 is 2.65 bits per heavy atom. The molecule has 0 saturated carbocycles. The maximum absolute atomic E-state index is 11.7. The largest absolute Gasteiger partial charge is 0.328 e. The summed E-state index contributed by atoms with van der Waals surface area (Å²) in [6, 6.07) is 0.210. The number of nitrogens with zero attached hydrogens (tertiary/aromatic N) is 2. The molecule has 6 heteroatoms. The van der Waals surface area contributed by atoms with E-state index in [4.69, 9.17) is 5.73 Å². The zero-order valence-electron chi connectivity index (χ0n) is 9.93. The minimum absolute atomic E-state index is 0.00488. The Morgan fingerprint density at radius 1 is 1.82 bits per heavy atom. The highest BCUT2D eigenvalue weighted by molar-refractivity contribution is 7.13. The fraction of sp³-hybridized carbons (Fsp3) is 0.636. The van der Waals surface area contributed by atoms with E-state index in [0.717, 1.165) is 19.5 Å². The van der Waals surface area contributed by atoms with Crippen LogP contribution in [0.25, 0.3) is 0 Å². The summed E-state index contributed by atoms with van der Waals surface area (Å²) in [5.74, 6) is 0.521. The van der Waals surface area contributed by atoms with E-state index in [1.54, 1.807) is 6.20 Å². The molecule has 0 radical (unpaired) electrons. The van der Waals surface area contributed by atoms with Crippen LogP contribution in [0.3, 0.4) is 0 Å². The zero-order valence-corrected chi connectivity index (χ0v) is 10.7. The summed E-state index contributed by atoms with van der Waals surface area (Å²) in [5.41, 5.74) is 5.86. The number of anilines is 1. The lowest BCUT2D eigenvalue weighted by molar-refractivity contribution is -0.117. The molecule has 17 heavy (non-hydrogen) atoms. The highest BCUT2D eigenvalue weighted by Gasteiger charge is 2.26. The van der Waals surface area contributed by atoms with E-state index in [1.165, 1.54) is 11.3 Å². The van der Waals surface area contributed by atoms with Gasteiger partial charge >= 0.3 is 0 Å². The molecular weight excluding hydrogens is 236 g/mol. The van der Waals surface area contributed by atoms with Gasteiger partial charge < -0.3 is 11.1 Å². The third kappa shape index (κ3) is 3.49. The molecule has 1 amide bonds. The van der Waals surface area contributed by atoms with Crippen molar-refractivity contribution in [1.29, 1.82) is 0 Å². The number of hydrogen-bond acceptors (Lipinski definition) is 5. The van der Waals surface area contributed by atoms with Gasteiger partial charge in [-0.2, -0.15) is 0 Å². The number of carbonyl (C=O) groups excluding carboxylic acids is 1. The maximum atomic E-state index is 11.7. The molecule has 1 aliphatic rings. The molecule has 2 atom stereocenters. The zero-order chi connectivity index (χ0) is 12.3. The fourth-order valence-electron chi connectivity index (χ4n) is 2.08. The smallest absolute Gasteiger partial charge is 0.240 e. The first-order valence-electron chi connectivity index (χ1n) is 5.82. The van der Waals surface area contributed by atoms with Gasteiger partial charge in [0.15, 0.2) is 5.13 Å². The van der Waals surface area contributed by atoms with Gasteiger partial charge in [0.25, 0.3) is 0 Å². The van der Waals surface area contributed by atoms with Gasteiger partial charge in [0, 0.05) is 24.2 Å². The number of amides is 1. The molecule has 0 aliphatic carbocycles. The number of rotatable bonds is 4. The lowest BCUT2D eigenvalue weighted by atomic mass is 10.0. The molecule has 2 rings (SSSR count). The van der Waals surface area contributed by atoms with Crippen LogP contribution in [0.5, 0.6) is 0 Å². The third-order valence-corrected chi connectivity index (χ3v) is 3.79. The van der Waals surface area contributed by atoms with Crippen molar-refractivity contribution in [3.63, 3.8) is 0 Å². The molecule has 1 saturated heterocycles. The van der Waals surface area contributed by atoms with Crippen molar-refractivity contribution in [2.24, 2.45) is 11.7 Å². The molecule has 0 bridgehead atoms. The van der Waals surface area contributed by atoms with Crippen LogP contribution in [-0.4, -0.2) is 41.5 Å². The Bertz CT molecular complexity index is 366. The summed E-state index contributed by atoms with van der Waals surface area (Å²) in [6.07, 6.45) is 2.77. The van der Waals surface area contributed by atoms with Crippen molar-refractivity contribution >= 4 is 22.4 Å². The molecular formula is C11H18N4OS. The fourth-order valence-corrected chi connectivity index (χ4v) is 2.63. The molecule has 1 aliphatic heterocycles. The van der Waals surface area contributed by atoms with Crippen LogP contribution < -0.4 is 11.1 Å².